The summed E-state index contributed by atoms with van der Waals surface area (Å²) in [6, 6.07) is 7.73. The number of unbranched alkanes of at least 4 members (excludes halogenated alkanes) is 1. The van der Waals surface area contributed by atoms with Crippen molar-refractivity contribution in [3.05, 3.63) is 35.4 Å². The molecule has 0 spiro atoms. The zero-order valence-electron chi connectivity index (χ0n) is 10.8. The van der Waals surface area contributed by atoms with Gasteiger partial charge in [0.25, 0.3) is 5.91 Å². The Bertz CT molecular complexity index is 363. The van der Waals surface area contributed by atoms with Crippen LogP contribution >= 0.6 is 0 Å². The van der Waals surface area contributed by atoms with Crippen LogP contribution in [-0.4, -0.2) is 30.4 Å². The van der Waals surface area contributed by atoms with Crippen LogP contribution in [0.1, 0.15) is 35.7 Å². The van der Waals surface area contributed by atoms with Gasteiger partial charge in [0.05, 0.1) is 0 Å². The van der Waals surface area contributed by atoms with E-state index >= 15 is 0 Å². The van der Waals surface area contributed by atoms with E-state index < -0.39 is 0 Å². The Hall–Kier alpha value is -1.35. The van der Waals surface area contributed by atoms with E-state index in [-0.39, 0.29) is 5.91 Å². The number of benzene rings is 1. The molecule has 0 aromatic heterocycles. The SMILES string of the molecule is CCN(CCCCN)C(=O)c1ccccc1C. The molecule has 0 aliphatic heterocycles. The van der Waals surface area contributed by atoms with Gasteiger partial charge in [-0.2, -0.15) is 0 Å². The number of carbonyl (C=O) groups excluding carboxylic acids is 1. The molecule has 94 valence electrons. The first-order chi connectivity index (χ1) is 8.20. The topological polar surface area (TPSA) is 46.3 Å². The molecular formula is C14H22N2O. The second-order valence-electron chi connectivity index (χ2n) is 4.20. The molecule has 1 rings (SSSR count). The summed E-state index contributed by atoms with van der Waals surface area (Å²) in [7, 11) is 0. The number of nitrogens with zero attached hydrogens (tertiary/aromatic N) is 1. The molecule has 0 atom stereocenters. The van der Waals surface area contributed by atoms with Crippen molar-refractivity contribution in [3.8, 4) is 0 Å². The number of hydrogen-bond acceptors (Lipinski definition) is 2. The van der Waals surface area contributed by atoms with Crippen LogP contribution in [0, 0.1) is 6.92 Å². The van der Waals surface area contributed by atoms with E-state index in [1.165, 1.54) is 0 Å². The van der Waals surface area contributed by atoms with Crippen LogP contribution in [0.5, 0.6) is 0 Å². The lowest BCUT2D eigenvalue weighted by atomic mass is 10.1. The first-order valence-corrected chi connectivity index (χ1v) is 6.25. The van der Waals surface area contributed by atoms with Crippen molar-refractivity contribution < 1.29 is 4.79 Å². The summed E-state index contributed by atoms with van der Waals surface area (Å²) in [4.78, 5) is 14.2. The van der Waals surface area contributed by atoms with Gasteiger partial charge in [-0.05, 0) is 44.9 Å². The maximum Gasteiger partial charge on any atom is 0.254 e. The zero-order valence-corrected chi connectivity index (χ0v) is 10.8. The highest BCUT2D eigenvalue weighted by Crippen LogP contribution is 2.11. The summed E-state index contributed by atoms with van der Waals surface area (Å²) < 4.78 is 0. The van der Waals surface area contributed by atoms with Gasteiger partial charge in [-0.1, -0.05) is 18.2 Å². The summed E-state index contributed by atoms with van der Waals surface area (Å²) >= 11 is 0. The second-order valence-corrected chi connectivity index (χ2v) is 4.20. The van der Waals surface area contributed by atoms with E-state index in [9.17, 15) is 4.79 Å². The molecular weight excluding hydrogens is 212 g/mol. The van der Waals surface area contributed by atoms with Crippen molar-refractivity contribution in [3.63, 3.8) is 0 Å². The van der Waals surface area contributed by atoms with Crippen molar-refractivity contribution in [2.75, 3.05) is 19.6 Å². The predicted octanol–water partition coefficient (Wildman–Crippen LogP) is 2.20. The van der Waals surface area contributed by atoms with Crippen LogP contribution in [0.25, 0.3) is 0 Å². The Labute approximate surface area is 104 Å². The molecule has 1 aromatic rings. The average Bonchev–Trinajstić information content (AvgIpc) is 2.35. The van der Waals surface area contributed by atoms with E-state index in [4.69, 9.17) is 5.73 Å². The monoisotopic (exact) mass is 234 g/mol. The van der Waals surface area contributed by atoms with Crippen molar-refractivity contribution in [1.82, 2.24) is 4.90 Å². The second kappa shape index (κ2) is 7.07. The van der Waals surface area contributed by atoms with E-state index in [1.807, 2.05) is 43.0 Å². The van der Waals surface area contributed by atoms with Gasteiger partial charge in [0, 0.05) is 18.7 Å². The lowest BCUT2D eigenvalue weighted by Crippen LogP contribution is -2.32. The molecule has 0 aliphatic rings. The summed E-state index contributed by atoms with van der Waals surface area (Å²) in [5.41, 5.74) is 7.31. The Kier molecular flexibility index (Phi) is 5.70. The molecule has 1 amide bonds. The number of carbonyl (C=O) groups is 1. The average molecular weight is 234 g/mol. The third-order valence-corrected chi connectivity index (χ3v) is 2.93. The number of amides is 1. The highest BCUT2D eigenvalue weighted by atomic mass is 16.2. The summed E-state index contributed by atoms with van der Waals surface area (Å²) in [6.07, 6.45) is 1.94. The van der Waals surface area contributed by atoms with Crippen LogP contribution in [0.4, 0.5) is 0 Å². The molecule has 0 saturated heterocycles. The lowest BCUT2D eigenvalue weighted by Gasteiger charge is -2.21. The van der Waals surface area contributed by atoms with Gasteiger partial charge < -0.3 is 10.6 Å². The van der Waals surface area contributed by atoms with Gasteiger partial charge in [0.2, 0.25) is 0 Å². The highest BCUT2D eigenvalue weighted by Gasteiger charge is 2.14. The van der Waals surface area contributed by atoms with Crippen molar-refractivity contribution in [2.45, 2.75) is 26.7 Å². The van der Waals surface area contributed by atoms with Crippen molar-refractivity contribution >= 4 is 5.91 Å². The van der Waals surface area contributed by atoms with E-state index in [0.29, 0.717) is 6.54 Å². The minimum atomic E-state index is 0.127. The number of aryl methyl sites for hydroxylation is 1. The van der Waals surface area contributed by atoms with E-state index in [2.05, 4.69) is 0 Å². The smallest absolute Gasteiger partial charge is 0.254 e. The molecule has 1 aromatic carbocycles. The van der Waals surface area contributed by atoms with Gasteiger partial charge in [0.15, 0.2) is 0 Å². The summed E-state index contributed by atoms with van der Waals surface area (Å²) in [5, 5.41) is 0. The molecule has 0 fully saturated rings. The highest BCUT2D eigenvalue weighted by molar-refractivity contribution is 5.95. The van der Waals surface area contributed by atoms with Gasteiger partial charge >= 0.3 is 0 Å². The molecule has 0 bridgehead atoms. The predicted molar refractivity (Wildman–Crippen MR) is 71.0 cm³/mol. The number of hydrogen-bond donors (Lipinski definition) is 1. The fraction of sp³-hybridized carbons (Fsp3) is 0.500. The molecule has 0 heterocycles. The molecule has 3 nitrogen and oxygen atoms in total. The minimum Gasteiger partial charge on any atom is -0.339 e. The Morgan fingerprint density at radius 2 is 2.00 bits per heavy atom. The molecule has 3 heteroatoms. The van der Waals surface area contributed by atoms with Gasteiger partial charge in [0.1, 0.15) is 0 Å². The number of nitrogens with two attached hydrogens (primary N) is 1. The van der Waals surface area contributed by atoms with Gasteiger partial charge in [-0.3, -0.25) is 4.79 Å². The third-order valence-electron chi connectivity index (χ3n) is 2.93. The summed E-state index contributed by atoms with van der Waals surface area (Å²) in [5.74, 6) is 0.127. The van der Waals surface area contributed by atoms with E-state index in [1.54, 1.807) is 0 Å². The van der Waals surface area contributed by atoms with E-state index in [0.717, 1.165) is 37.1 Å². The molecule has 0 radical (unpaired) electrons. The maximum absolute atomic E-state index is 12.3. The Balaban J connectivity index is 2.69. The van der Waals surface area contributed by atoms with Crippen molar-refractivity contribution in [2.24, 2.45) is 5.73 Å². The van der Waals surface area contributed by atoms with Crippen LogP contribution in [0.15, 0.2) is 24.3 Å². The van der Waals surface area contributed by atoms with Crippen LogP contribution in [-0.2, 0) is 0 Å². The fourth-order valence-electron chi connectivity index (χ4n) is 1.83. The van der Waals surface area contributed by atoms with Gasteiger partial charge in [-0.15, -0.1) is 0 Å². The first kappa shape index (κ1) is 13.7. The quantitative estimate of drug-likeness (QED) is 0.767. The van der Waals surface area contributed by atoms with Gasteiger partial charge in [-0.25, -0.2) is 0 Å². The largest absolute Gasteiger partial charge is 0.339 e. The molecule has 17 heavy (non-hydrogen) atoms. The van der Waals surface area contributed by atoms with Crippen LogP contribution < -0.4 is 5.73 Å². The summed E-state index contributed by atoms with van der Waals surface area (Å²) in [6.45, 7) is 6.22. The fourth-order valence-corrected chi connectivity index (χ4v) is 1.83. The first-order valence-electron chi connectivity index (χ1n) is 6.25. The van der Waals surface area contributed by atoms with Crippen LogP contribution in [0.2, 0.25) is 0 Å². The van der Waals surface area contributed by atoms with Crippen LogP contribution in [0.3, 0.4) is 0 Å². The standard InChI is InChI=1S/C14H22N2O/c1-3-16(11-7-6-10-15)14(17)13-9-5-4-8-12(13)2/h4-5,8-9H,3,6-7,10-11,15H2,1-2H3. The molecule has 2 N–H and O–H groups in total. The molecule has 0 unspecified atom stereocenters. The normalized spacial score (nSPS) is 10.3. The molecule has 0 aliphatic carbocycles. The molecule has 0 saturated carbocycles. The minimum absolute atomic E-state index is 0.127. The van der Waals surface area contributed by atoms with Crippen molar-refractivity contribution in [1.29, 1.82) is 0 Å². The lowest BCUT2D eigenvalue weighted by molar-refractivity contribution is 0.0761. The zero-order chi connectivity index (χ0) is 12.7. The Morgan fingerprint density at radius 3 is 2.59 bits per heavy atom. The maximum atomic E-state index is 12.3. The number of rotatable bonds is 6. The third kappa shape index (κ3) is 3.86. The Morgan fingerprint density at radius 1 is 1.29 bits per heavy atom.